The summed E-state index contributed by atoms with van der Waals surface area (Å²) in [6.07, 6.45) is 0. The molecule has 0 saturated carbocycles. The highest BCUT2D eigenvalue weighted by atomic mass is 32.1. The van der Waals surface area contributed by atoms with E-state index < -0.39 is 11.9 Å². The SMILES string of the molecule is Cc1ccc([C@@H](C(=O)NCc2cccs2)N(C(=O)c2cccs2)c2ccc(F)cc2)cc1. The molecular weight excluding hydrogens is 443 g/mol. The fraction of sp³-hybridized carbons (Fsp3) is 0.120. The van der Waals surface area contributed by atoms with E-state index in [0.29, 0.717) is 22.7 Å². The van der Waals surface area contributed by atoms with Gasteiger partial charge in [0.15, 0.2) is 0 Å². The molecule has 4 nitrogen and oxygen atoms in total. The van der Waals surface area contributed by atoms with Gasteiger partial charge in [0.25, 0.3) is 5.91 Å². The number of aryl methyl sites for hydroxylation is 1. The minimum atomic E-state index is -0.921. The maximum Gasteiger partial charge on any atom is 0.269 e. The molecule has 2 aromatic carbocycles. The predicted molar refractivity (Wildman–Crippen MR) is 128 cm³/mol. The average Bonchev–Trinajstić information content (AvgIpc) is 3.51. The van der Waals surface area contributed by atoms with Crippen molar-refractivity contribution in [2.75, 3.05) is 4.90 Å². The van der Waals surface area contributed by atoms with Crippen LogP contribution in [0, 0.1) is 12.7 Å². The molecule has 0 unspecified atom stereocenters. The summed E-state index contributed by atoms with van der Waals surface area (Å²) in [7, 11) is 0. The monoisotopic (exact) mass is 464 g/mol. The maximum absolute atomic E-state index is 13.6. The molecule has 162 valence electrons. The highest BCUT2D eigenvalue weighted by Gasteiger charge is 2.33. The molecule has 1 atom stereocenters. The van der Waals surface area contributed by atoms with Gasteiger partial charge >= 0.3 is 0 Å². The lowest BCUT2D eigenvalue weighted by atomic mass is 10.0. The lowest BCUT2D eigenvalue weighted by molar-refractivity contribution is -0.122. The van der Waals surface area contributed by atoms with Crippen LogP contribution in [0.25, 0.3) is 0 Å². The molecule has 7 heteroatoms. The highest BCUT2D eigenvalue weighted by Crippen LogP contribution is 2.31. The topological polar surface area (TPSA) is 49.4 Å². The van der Waals surface area contributed by atoms with Crippen LogP contribution in [0.15, 0.2) is 83.6 Å². The molecule has 0 radical (unpaired) electrons. The lowest BCUT2D eigenvalue weighted by Gasteiger charge is -2.31. The summed E-state index contributed by atoms with van der Waals surface area (Å²) in [6, 6.07) is 19.6. The van der Waals surface area contributed by atoms with E-state index in [0.717, 1.165) is 10.4 Å². The third-order valence-corrected chi connectivity index (χ3v) is 6.71. The molecule has 0 aliphatic carbocycles. The number of carbonyl (C=O) groups excluding carboxylic acids is 2. The van der Waals surface area contributed by atoms with Crippen molar-refractivity contribution in [2.24, 2.45) is 0 Å². The smallest absolute Gasteiger partial charge is 0.269 e. The number of amides is 2. The summed E-state index contributed by atoms with van der Waals surface area (Å²) >= 11 is 2.85. The Balaban J connectivity index is 1.77. The Bertz CT molecular complexity index is 1170. The van der Waals surface area contributed by atoms with E-state index in [4.69, 9.17) is 0 Å². The fourth-order valence-electron chi connectivity index (χ4n) is 3.35. The molecule has 32 heavy (non-hydrogen) atoms. The largest absolute Gasteiger partial charge is 0.349 e. The van der Waals surface area contributed by atoms with Gasteiger partial charge in [0.1, 0.15) is 11.9 Å². The van der Waals surface area contributed by atoms with Crippen LogP contribution < -0.4 is 10.2 Å². The number of hydrogen-bond acceptors (Lipinski definition) is 4. The molecule has 4 aromatic rings. The third-order valence-electron chi connectivity index (χ3n) is 4.97. The fourth-order valence-corrected chi connectivity index (χ4v) is 4.66. The molecule has 2 heterocycles. The normalized spacial score (nSPS) is 11.7. The summed E-state index contributed by atoms with van der Waals surface area (Å²) in [4.78, 5) is 30.0. The van der Waals surface area contributed by atoms with Gasteiger partial charge < -0.3 is 5.32 Å². The molecule has 2 amide bonds. The van der Waals surface area contributed by atoms with Crippen molar-refractivity contribution < 1.29 is 14.0 Å². The zero-order valence-electron chi connectivity index (χ0n) is 17.3. The Morgan fingerprint density at radius 2 is 1.62 bits per heavy atom. The molecule has 2 aromatic heterocycles. The molecule has 0 spiro atoms. The summed E-state index contributed by atoms with van der Waals surface area (Å²) in [5.74, 6) is -1.04. The number of nitrogens with one attached hydrogen (secondary N) is 1. The Kier molecular flexibility index (Phi) is 6.78. The van der Waals surface area contributed by atoms with E-state index >= 15 is 0 Å². The van der Waals surface area contributed by atoms with Crippen LogP contribution in [-0.4, -0.2) is 11.8 Å². The van der Waals surface area contributed by atoms with E-state index in [2.05, 4.69) is 5.32 Å². The first-order chi connectivity index (χ1) is 15.5. The van der Waals surface area contributed by atoms with E-state index in [-0.39, 0.29) is 11.8 Å². The maximum atomic E-state index is 13.6. The minimum absolute atomic E-state index is 0.309. The quantitative estimate of drug-likeness (QED) is 0.367. The number of anilines is 1. The second kappa shape index (κ2) is 9.89. The van der Waals surface area contributed by atoms with Crippen LogP contribution in [0.3, 0.4) is 0 Å². The number of thiophene rings is 2. The summed E-state index contributed by atoms with van der Waals surface area (Å²) < 4.78 is 13.6. The van der Waals surface area contributed by atoms with Gasteiger partial charge in [-0.15, -0.1) is 22.7 Å². The van der Waals surface area contributed by atoms with Crippen LogP contribution in [0.5, 0.6) is 0 Å². The zero-order chi connectivity index (χ0) is 22.5. The van der Waals surface area contributed by atoms with Crippen LogP contribution in [-0.2, 0) is 11.3 Å². The zero-order valence-corrected chi connectivity index (χ0v) is 19.0. The third kappa shape index (κ3) is 4.95. The van der Waals surface area contributed by atoms with Crippen molar-refractivity contribution in [2.45, 2.75) is 19.5 Å². The molecular formula is C25H21FN2O2S2. The molecule has 4 rings (SSSR count). The van der Waals surface area contributed by atoms with E-state index in [1.165, 1.54) is 40.5 Å². The van der Waals surface area contributed by atoms with Crippen molar-refractivity contribution in [3.05, 3.63) is 110 Å². The number of rotatable bonds is 7. The Morgan fingerprint density at radius 3 is 2.25 bits per heavy atom. The van der Waals surface area contributed by atoms with Gasteiger partial charge in [-0.1, -0.05) is 42.0 Å². The first-order valence-corrected chi connectivity index (χ1v) is 11.8. The Hall–Kier alpha value is -3.29. The molecule has 0 bridgehead atoms. The van der Waals surface area contributed by atoms with Gasteiger partial charge in [0.05, 0.1) is 11.4 Å². The van der Waals surface area contributed by atoms with Gasteiger partial charge in [-0.3, -0.25) is 14.5 Å². The molecule has 1 N–H and O–H groups in total. The standard InChI is InChI=1S/C25H21FN2O2S2/c1-17-6-8-18(9-7-17)23(24(29)27-16-21-4-2-14-31-21)28(20-12-10-19(26)11-13-20)25(30)22-5-3-15-32-22/h2-15,23H,16H2,1H3,(H,27,29)/t23-/m0/s1. The number of carbonyl (C=O) groups is 2. The first kappa shape index (κ1) is 21.9. The number of halogens is 1. The summed E-state index contributed by atoms with van der Waals surface area (Å²) in [5.41, 5.74) is 2.17. The van der Waals surface area contributed by atoms with E-state index in [1.807, 2.05) is 54.1 Å². The highest BCUT2D eigenvalue weighted by molar-refractivity contribution is 7.12. The van der Waals surface area contributed by atoms with Crippen LogP contribution in [0.2, 0.25) is 0 Å². The minimum Gasteiger partial charge on any atom is -0.349 e. The summed E-state index contributed by atoms with van der Waals surface area (Å²) in [5, 5.41) is 6.73. The Labute approximate surface area is 194 Å². The van der Waals surface area contributed by atoms with Crippen LogP contribution in [0.1, 0.15) is 31.7 Å². The second-order valence-corrected chi connectivity index (χ2v) is 9.22. The van der Waals surface area contributed by atoms with Gasteiger partial charge in [0, 0.05) is 10.6 Å². The number of benzene rings is 2. The molecule has 0 aliphatic rings. The van der Waals surface area contributed by atoms with Gasteiger partial charge in [-0.05, 0) is 59.6 Å². The van der Waals surface area contributed by atoms with Crippen molar-refractivity contribution >= 4 is 40.2 Å². The lowest BCUT2D eigenvalue weighted by Crippen LogP contribution is -2.43. The van der Waals surface area contributed by atoms with Crippen LogP contribution >= 0.6 is 22.7 Å². The van der Waals surface area contributed by atoms with Crippen LogP contribution in [0.4, 0.5) is 10.1 Å². The van der Waals surface area contributed by atoms with Gasteiger partial charge in [-0.2, -0.15) is 0 Å². The second-order valence-electron chi connectivity index (χ2n) is 7.24. The predicted octanol–water partition coefficient (Wildman–Crippen LogP) is 5.96. The van der Waals surface area contributed by atoms with E-state index in [9.17, 15) is 14.0 Å². The first-order valence-electron chi connectivity index (χ1n) is 10.0. The van der Waals surface area contributed by atoms with Crippen molar-refractivity contribution in [3.8, 4) is 0 Å². The van der Waals surface area contributed by atoms with Crippen molar-refractivity contribution in [1.82, 2.24) is 5.32 Å². The number of hydrogen-bond donors (Lipinski definition) is 1. The van der Waals surface area contributed by atoms with Crippen molar-refractivity contribution in [1.29, 1.82) is 0 Å². The van der Waals surface area contributed by atoms with E-state index in [1.54, 1.807) is 23.5 Å². The molecule has 0 aliphatic heterocycles. The average molecular weight is 465 g/mol. The van der Waals surface area contributed by atoms with Gasteiger partial charge in [-0.25, -0.2) is 4.39 Å². The van der Waals surface area contributed by atoms with Gasteiger partial charge in [0.2, 0.25) is 5.91 Å². The number of nitrogens with zero attached hydrogens (tertiary/aromatic N) is 1. The Morgan fingerprint density at radius 1 is 0.938 bits per heavy atom. The summed E-state index contributed by atoms with van der Waals surface area (Å²) in [6.45, 7) is 2.33. The van der Waals surface area contributed by atoms with Crippen molar-refractivity contribution in [3.63, 3.8) is 0 Å². The molecule has 0 saturated heterocycles. The molecule has 0 fully saturated rings.